The van der Waals surface area contributed by atoms with Crippen LogP contribution in [0.15, 0.2) is 21.6 Å². The summed E-state index contributed by atoms with van der Waals surface area (Å²) in [7, 11) is 2.01. The molecule has 0 aromatic carbocycles. The molecule has 0 atom stereocenters. The summed E-state index contributed by atoms with van der Waals surface area (Å²) in [6, 6.07) is 3.06. The molecule has 1 aliphatic rings. The molecule has 5 nitrogen and oxygen atoms in total. The quantitative estimate of drug-likeness (QED) is 0.753. The Kier molecular flexibility index (Phi) is 4.49. The molecule has 0 amide bonds. The van der Waals surface area contributed by atoms with Crippen molar-refractivity contribution in [2.45, 2.75) is 35.8 Å². The molecule has 1 aromatic heterocycles. The second-order valence-electron chi connectivity index (χ2n) is 5.59. The summed E-state index contributed by atoms with van der Waals surface area (Å²) in [6.45, 7) is 0.471. The van der Waals surface area contributed by atoms with Crippen molar-refractivity contribution < 1.29 is 12.8 Å². The van der Waals surface area contributed by atoms with E-state index in [-0.39, 0.29) is 16.5 Å². The number of hydrogen-bond acceptors (Lipinski definition) is 4. The number of likely N-dealkylation sites (N-methyl/N-ethyl adjacent to an activating group) is 2. The Bertz CT molecular complexity index is 564. The average Bonchev–Trinajstić information content (AvgIpc) is 2.82. The Balaban J connectivity index is 2.17. The van der Waals surface area contributed by atoms with E-state index in [1.165, 1.54) is 10.4 Å². The SMILES string of the molecule is CN(C)C1(CN(C)S(=O)(=O)c2ccc(CCl)o2)CCC1. The molecule has 114 valence electrons. The fourth-order valence-electron chi connectivity index (χ4n) is 2.55. The summed E-state index contributed by atoms with van der Waals surface area (Å²) in [5.74, 6) is 0.630. The molecule has 0 saturated heterocycles. The van der Waals surface area contributed by atoms with E-state index in [0.717, 1.165) is 19.3 Å². The zero-order valence-electron chi connectivity index (χ0n) is 12.1. The third-order valence-corrected chi connectivity index (χ3v) is 6.12. The molecule has 0 unspecified atom stereocenters. The van der Waals surface area contributed by atoms with E-state index < -0.39 is 10.0 Å². The third-order valence-electron chi connectivity index (χ3n) is 4.18. The molecule has 0 radical (unpaired) electrons. The molecule has 7 heteroatoms. The van der Waals surface area contributed by atoms with Gasteiger partial charge in [0, 0.05) is 19.1 Å². The number of alkyl halides is 1. The van der Waals surface area contributed by atoms with Crippen molar-refractivity contribution >= 4 is 21.6 Å². The Labute approximate surface area is 125 Å². The molecule has 0 aliphatic heterocycles. The lowest BCUT2D eigenvalue weighted by Crippen LogP contribution is -2.57. The molecule has 0 bridgehead atoms. The number of halogens is 1. The van der Waals surface area contributed by atoms with Crippen LogP contribution in [0, 0.1) is 0 Å². The van der Waals surface area contributed by atoms with Crippen LogP contribution in [0.4, 0.5) is 0 Å². The number of furan rings is 1. The van der Waals surface area contributed by atoms with Crippen LogP contribution in [0.2, 0.25) is 0 Å². The maximum atomic E-state index is 12.5. The Morgan fingerprint density at radius 2 is 1.95 bits per heavy atom. The van der Waals surface area contributed by atoms with Gasteiger partial charge >= 0.3 is 0 Å². The summed E-state index contributed by atoms with van der Waals surface area (Å²) >= 11 is 5.64. The minimum absolute atomic E-state index is 0.0381. The fraction of sp³-hybridized carbons (Fsp3) is 0.692. The molecular weight excluding hydrogens is 300 g/mol. The Hall–Kier alpha value is -0.560. The van der Waals surface area contributed by atoms with Crippen LogP contribution < -0.4 is 0 Å². The van der Waals surface area contributed by atoms with Gasteiger partial charge in [0.05, 0.1) is 5.88 Å². The summed E-state index contributed by atoms with van der Waals surface area (Å²) < 4.78 is 31.6. The topological polar surface area (TPSA) is 53.8 Å². The van der Waals surface area contributed by atoms with Gasteiger partial charge in [-0.2, -0.15) is 4.31 Å². The van der Waals surface area contributed by atoms with Crippen molar-refractivity contribution in [2.75, 3.05) is 27.7 Å². The van der Waals surface area contributed by atoms with Crippen molar-refractivity contribution in [3.63, 3.8) is 0 Å². The van der Waals surface area contributed by atoms with E-state index >= 15 is 0 Å². The second kappa shape index (κ2) is 5.67. The highest BCUT2D eigenvalue weighted by molar-refractivity contribution is 7.89. The summed E-state index contributed by atoms with van der Waals surface area (Å²) in [5.41, 5.74) is -0.0519. The van der Waals surface area contributed by atoms with Gasteiger partial charge in [0.1, 0.15) is 5.76 Å². The van der Waals surface area contributed by atoms with Crippen molar-refractivity contribution in [1.29, 1.82) is 0 Å². The zero-order chi connectivity index (χ0) is 15.0. The summed E-state index contributed by atoms with van der Waals surface area (Å²) in [4.78, 5) is 2.12. The lowest BCUT2D eigenvalue weighted by Gasteiger charge is -2.48. The lowest BCUT2D eigenvalue weighted by atomic mass is 9.75. The summed E-state index contributed by atoms with van der Waals surface area (Å²) in [5, 5.41) is -0.0381. The molecule has 1 aromatic rings. The lowest BCUT2D eigenvalue weighted by molar-refractivity contribution is 0.0452. The van der Waals surface area contributed by atoms with Gasteiger partial charge in [-0.15, -0.1) is 11.6 Å². The molecular formula is C13H21ClN2O3S. The molecule has 0 spiro atoms. The van der Waals surface area contributed by atoms with E-state index in [4.69, 9.17) is 16.0 Å². The van der Waals surface area contributed by atoms with E-state index in [9.17, 15) is 8.42 Å². The zero-order valence-corrected chi connectivity index (χ0v) is 13.7. The van der Waals surface area contributed by atoms with Crippen molar-refractivity contribution in [3.05, 3.63) is 17.9 Å². The van der Waals surface area contributed by atoms with Crippen LogP contribution in [0.5, 0.6) is 0 Å². The number of nitrogens with zero attached hydrogens (tertiary/aromatic N) is 2. The van der Waals surface area contributed by atoms with E-state index in [2.05, 4.69) is 4.90 Å². The minimum Gasteiger partial charge on any atom is -0.447 e. The molecule has 20 heavy (non-hydrogen) atoms. The fourth-order valence-corrected chi connectivity index (χ4v) is 3.87. The predicted octanol–water partition coefficient (Wildman–Crippen LogP) is 2.12. The van der Waals surface area contributed by atoms with E-state index in [1.54, 1.807) is 13.1 Å². The maximum Gasteiger partial charge on any atom is 0.276 e. The number of sulfonamides is 1. The van der Waals surface area contributed by atoms with Gasteiger partial charge in [-0.3, -0.25) is 0 Å². The van der Waals surface area contributed by atoms with Crippen LogP contribution in [-0.4, -0.2) is 50.8 Å². The van der Waals surface area contributed by atoms with E-state index in [1.807, 2.05) is 14.1 Å². The van der Waals surface area contributed by atoms with Crippen LogP contribution in [0.25, 0.3) is 0 Å². The van der Waals surface area contributed by atoms with Crippen molar-refractivity contribution in [2.24, 2.45) is 0 Å². The van der Waals surface area contributed by atoms with Crippen LogP contribution in [-0.2, 0) is 15.9 Å². The first-order chi connectivity index (χ1) is 9.32. The van der Waals surface area contributed by atoms with Crippen LogP contribution in [0.3, 0.4) is 0 Å². The molecule has 1 saturated carbocycles. The van der Waals surface area contributed by atoms with Crippen molar-refractivity contribution in [1.82, 2.24) is 9.21 Å². The predicted molar refractivity (Wildman–Crippen MR) is 78.3 cm³/mol. The largest absolute Gasteiger partial charge is 0.447 e. The first-order valence-corrected chi connectivity index (χ1v) is 8.58. The van der Waals surface area contributed by atoms with Crippen LogP contribution in [0.1, 0.15) is 25.0 Å². The van der Waals surface area contributed by atoms with Gasteiger partial charge in [-0.1, -0.05) is 0 Å². The second-order valence-corrected chi connectivity index (χ2v) is 7.83. The first-order valence-electron chi connectivity index (χ1n) is 6.60. The Morgan fingerprint density at radius 3 is 2.35 bits per heavy atom. The number of rotatable bonds is 6. The summed E-state index contributed by atoms with van der Waals surface area (Å²) in [6.07, 6.45) is 3.18. The first kappa shape index (κ1) is 15.8. The van der Waals surface area contributed by atoms with Gasteiger partial charge in [0.15, 0.2) is 0 Å². The van der Waals surface area contributed by atoms with Gasteiger partial charge in [0.25, 0.3) is 10.0 Å². The van der Waals surface area contributed by atoms with Gasteiger partial charge in [-0.25, -0.2) is 8.42 Å². The highest BCUT2D eigenvalue weighted by Crippen LogP contribution is 2.37. The molecule has 2 rings (SSSR count). The molecule has 0 N–H and O–H groups in total. The monoisotopic (exact) mass is 320 g/mol. The molecule has 1 aliphatic carbocycles. The highest BCUT2D eigenvalue weighted by atomic mass is 35.5. The Morgan fingerprint density at radius 1 is 1.30 bits per heavy atom. The molecule has 1 fully saturated rings. The normalized spacial score (nSPS) is 18.5. The van der Waals surface area contributed by atoms with Crippen molar-refractivity contribution in [3.8, 4) is 0 Å². The standard InChI is InChI=1S/C13H21ClN2O3S/c1-15(2)13(7-4-8-13)10-16(3)20(17,18)12-6-5-11(9-14)19-12/h5-6H,4,7-10H2,1-3H3. The smallest absolute Gasteiger partial charge is 0.276 e. The maximum absolute atomic E-state index is 12.5. The van der Waals surface area contributed by atoms with E-state index in [0.29, 0.717) is 12.3 Å². The molecule has 1 heterocycles. The average molecular weight is 321 g/mol. The minimum atomic E-state index is -3.59. The van der Waals surface area contributed by atoms with Crippen LogP contribution >= 0.6 is 11.6 Å². The highest BCUT2D eigenvalue weighted by Gasteiger charge is 2.42. The van der Waals surface area contributed by atoms with Gasteiger partial charge < -0.3 is 9.32 Å². The van der Waals surface area contributed by atoms with Gasteiger partial charge in [-0.05, 0) is 45.5 Å². The number of hydrogen-bond donors (Lipinski definition) is 0. The third kappa shape index (κ3) is 2.74. The van der Waals surface area contributed by atoms with Gasteiger partial charge in [0.2, 0.25) is 5.09 Å².